The van der Waals surface area contributed by atoms with E-state index in [4.69, 9.17) is 4.74 Å². The van der Waals surface area contributed by atoms with Gasteiger partial charge in [0, 0.05) is 5.56 Å². The fraction of sp³-hybridized carbons (Fsp3) is 0.474. The topological polar surface area (TPSA) is 81.1 Å². The Morgan fingerprint density at radius 2 is 1.89 bits per heavy atom. The van der Waals surface area contributed by atoms with Crippen molar-refractivity contribution in [1.82, 2.24) is 10.6 Å². The lowest BCUT2D eigenvalue weighted by atomic mass is 10.00. The number of rotatable bonds is 9. The van der Waals surface area contributed by atoms with Crippen LogP contribution in [0.1, 0.15) is 25.8 Å². The number of esters is 1. The van der Waals surface area contributed by atoms with Crippen LogP contribution in [0.5, 0.6) is 5.75 Å². The first-order chi connectivity index (χ1) is 13.3. The molecule has 0 fully saturated rings. The molecule has 0 saturated heterocycles. The van der Waals surface area contributed by atoms with Gasteiger partial charge in [0.2, 0.25) is 0 Å². The lowest BCUT2D eigenvalue weighted by Crippen LogP contribution is -3.08. The monoisotopic (exact) mass is 398 g/mol. The normalized spacial score (nSPS) is 17.8. The number of ether oxygens (including phenoxy) is 2. The molecule has 2 rings (SSSR count). The summed E-state index contributed by atoms with van der Waals surface area (Å²) in [7, 11) is 1.91. The Morgan fingerprint density at radius 3 is 2.46 bits per heavy atom. The van der Waals surface area contributed by atoms with E-state index in [1.165, 1.54) is 12.1 Å². The first-order valence-corrected chi connectivity index (χ1v) is 9.16. The number of benzene rings is 1. The van der Waals surface area contributed by atoms with Gasteiger partial charge in [0.1, 0.15) is 18.8 Å². The second-order valence-corrected chi connectivity index (χ2v) is 6.51. The van der Waals surface area contributed by atoms with Gasteiger partial charge in [-0.05, 0) is 37.6 Å². The number of hydrogen-bond donors (Lipinski definition) is 3. The predicted molar refractivity (Wildman–Crippen MR) is 97.9 cm³/mol. The van der Waals surface area contributed by atoms with Crippen LogP contribution >= 0.6 is 0 Å². The predicted octanol–water partition coefficient (Wildman–Crippen LogP) is 1.21. The van der Waals surface area contributed by atoms with Crippen LogP contribution in [0.2, 0.25) is 0 Å². The molecule has 154 valence electrons. The SMILES string of the molecule is CCOC(=O)C1=C(C[NH+](C)Cc2ccc(OC(F)F)cc2)NC(=O)N[C@H]1CC. The number of amides is 2. The van der Waals surface area contributed by atoms with Crippen LogP contribution in [-0.4, -0.2) is 44.9 Å². The number of carbonyl (C=O) groups excluding carboxylic acids is 2. The van der Waals surface area contributed by atoms with Crippen molar-refractivity contribution in [3.63, 3.8) is 0 Å². The Hall–Kier alpha value is -2.68. The number of urea groups is 1. The molecule has 0 aromatic heterocycles. The molecule has 1 unspecified atom stereocenters. The minimum absolute atomic E-state index is 0.0973. The summed E-state index contributed by atoms with van der Waals surface area (Å²) in [5, 5.41) is 5.46. The smallest absolute Gasteiger partial charge is 0.387 e. The fourth-order valence-electron chi connectivity index (χ4n) is 3.10. The summed E-state index contributed by atoms with van der Waals surface area (Å²) >= 11 is 0. The molecular weight excluding hydrogens is 372 g/mol. The summed E-state index contributed by atoms with van der Waals surface area (Å²) in [6.07, 6.45) is 0.565. The maximum Gasteiger partial charge on any atom is 0.387 e. The molecule has 0 aliphatic carbocycles. The maximum absolute atomic E-state index is 12.4. The molecule has 2 amide bonds. The minimum atomic E-state index is -2.86. The highest BCUT2D eigenvalue weighted by atomic mass is 19.3. The second-order valence-electron chi connectivity index (χ2n) is 6.51. The van der Waals surface area contributed by atoms with E-state index in [-0.39, 0.29) is 18.4 Å². The van der Waals surface area contributed by atoms with Gasteiger partial charge < -0.3 is 25.0 Å². The third kappa shape index (κ3) is 5.91. The summed E-state index contributed by atoms with van der Waals surface area (Å²) in [5.74, 6) is -0.349. The molecular formula is C19H26F2N3O4+. The largest absolute Gasteiger partial charge is 0.463 e. The van der Waals surface area contributed by atoms with Gasteiger partial charge in [0.05, 0.1) is 31.0 Å². The van der Waals surface area contributed by atoms with Crippen molar-refractivity contribution in [3.8, 4) is 5.75 Å². The standard InChI is InChI=1S/C19H25F2N3O4/c1-4-14-16(17(25)27-5-2)15(23-19(26)22-14)11-24(3)10-12-6-8-13(9-7-12)28-18(20)21/h6-9,14,18H,4-5,10-11H2,1-3H3,(H2,22,23,26)/p+1/t14-/m0/s1. The van der Waals surface area contributed by atoms with Gasteiger partial charge in [0.25, 0.3) is 0 Å². The third-order valence-corrected chi connectivity index (χ3v) is 4.28. The molecule has 0 bridgehead atoms. The van der Waals surface area contributed by atoms with Gasteiger partial charge in [-0.1, -0.05) is 6.92 Å². The van der Waals surface area contributed by atoms with Gasteiger partial charge in [-0.25, -0.2) is 9.59 Å². The summed E-state index contributed by atoms with van der Waals surface area (Å²) < 4.78 is 34.0. The number of nitrogens with one attached hydrogen (secondary N) is 3. The van der Waals surface area contributed by atoms with E-state index in [1.54, 1.807) is 19.1 Å². The van der Waals surface area contributed by atoms with Crippen LogP contribution in [0.15, 0.2) is 35.5 Å². The molecule has 0 radical (unpaired) electrons. The molecule has 7 nitrogen and oxygen atoms in total. The molecule has 0 spiro atoms. The Balaban J connectivity index is 2.12. The van der Waals surface area contributed by atoms with Crippen LogP contribution < -0.4 is 20.3 Å². The van der Waals surface area contributed by atoms with Crippen LogP contribution in [0.25, 0.3) is 0 Å². The molecule has 3 N–H and O–H groups in total. The Bertz CT molecular complexity index is 722. The molecule has 1 aliphatic heterocycles. The van der Waals surface area contributed by atoms with Crippen LogP contribution in [0.3, 0.4) is 0 Å². The summed E-state index contributed by atoms with van der Waals surface area (Å²) in [6.45, 7) is 1.96. The number of carbonyl (C=O) groups is 2. The molecule has 28 heavy (non-hydrogen) atoms. The van der Waals surface area contributed by atoms with Crippen molar-refractivity contribution in [3.05, 3.63) is 41.1 Å². The van der Waals surface area contributed by atoms with Crippen molar-refractivity contribution in [2.24, 2.45) is 0 Å². The number of likely N-dealkylation sites (N-methyl/N-ethyl adjacent to an activating group) is 1. The van der Waals surface area contributed by atoms with E-state index >= 15 is 0 Å². The van der Waals surface area contributed by atoms with E-state index in [0.29, 0.717) is 30.8 Å². The quantitative estimate of drug-likeness (QED) is 0.547. The lowest BCUT2D eigenvalue weighted by Gasteiger charge is -2.29. The molecule has 2 atom stereocenters. The average Bonchev–Trinajstić information content (AvgIpc) is 2.62. The number of hydrogen-bond acceptors (Lipinski definition) is 4. The summed E-state index contributed by atoms with van der Waals surface area (Å²) in [4.78, 5) is 25.3. The zero-order valence-electron chi connectivity index (χ0n) is 16.2. The first-order valence-electron chi connectivity index (χ1n) is 9.16. The van der Waals surface area contributed by atoms with E-state index in [0.717, 1.165) is 10.5 Å². The first kappa shape index (κ1) is 21.6. The molecule has 0 saturated carbocycles. The van der Waals surface area contributed by atoms with Gasteiger partial charge >= 0.3 is 18.6 Å². The summed E-state index contributed by atoms with van der Waals surface area (Å²) in [6, 6.07) is 5.63. The Morgan fingerprint density at radius 1 is 1.21 bits per heavy atom. The Kier molecular flexibility index (Phi) is 7.74. The highest BCUT2D eigenvalue weighted by Gasteiger charge is 2.32. The zero-order valence-corrected chi connectivity index (χ0v) is 16.2. The zero-order chi connectivity index (χ0) is 20.7. The van der Waals surface area contributed by atoms with Gasteiger partial charge in [-0.15, -0.1) is 0 Å². The fourth-order valence-corrected chi connectivity index (χ4v) is 3.10. The van der Waals surface area contributed by atoms with Crippen molar-refractivity contribution >= 4 is 12.0 Å². The van der Waals surface area contributed by atoms with Crippen LogP contribution in [-0.2, 0) is 16.1 Å². The highest BCUT2D eigenvalue weighted by molar-refractivity contribution is 5.94. The van der Waals surface area contributed by atoms with Gasteiger partial charge in [-0.2, -0.15) is 8.78 Å². The molecule has 9 heteroatoms. The van der Waals surface area contributed by atoms with Crippen molar-refractivity contribution in [2.75, 3.05) is 20.2 Å². The van der Waals surface area contributed by atoms with Crippen molar-refractivity contribution < 1.29 is 32.7 Å². The van der Waals surface area contributed by atoms with E-state index in [2.05, 4.69) is 15.4 Å². The number of halogens is 2. The third-order valence-electron chi connectivity index (χ3n) is 4.28. The summed E-state index contributed by atoms with van der Waals surface area (Å²) in [5.41, 5.74) is 1.87. The molecule has 1 aromatic rings. The van der Waals surface area contributed by atoms with Crippen LogP contribution in [0.4, 0.5) is 13.6 Å². The number of quaternary nitrogens is 1. The van der Waals surface area contributed by atoms with Gasteiger partial charge in [0.15, 0.2) is 0 Å². The number of alkyl halides is 2. The van der Waals surface area contributed by atoms with Crippen molar-refractivity contribution in [2.45, 2.75) is 39.5 Å². The molecule has 1 aliphatic rings. The Labute approximate surface area is 162 Å². The average molecular weight is 398 g/mol. The van der Waals surface area contributed by atoms with Crippen molar-refractivity contribution in [1.29, 1.82) is 0 Å². The second kappa shape index (κ2) is 10.0. The van der Waals surface area contributed by atoms with E-state index < -0.39 is 18.6 Å². The van der Waals surface area contributed by atoms with E-state index in [1.807, 2.05) is 14.0 Å². The molecule has 1 aromatic carbocycles. The van der Waals surface area contributed by atoms with E-state index in [9.17, 15) is 18.4 Å². The lowest BCUT2D eigenvalue weighted by molar-refractivity contribution is -0.889. The highest BCUT2D eigenvalue weighted by Crippen LogP contribution is 2.17. The molecule has 1 heterocycles. The van der Waals surface area contributed by atoms with Crippen LogP contribution in [0, 0.1) is 0 Å². The van der Waals surface area contributed by atoms with Gasteiger partial charge in [-0.3, -0.25) is 0 Å². The maximum atomic E-state index is 12.4. The minimum Gasteiger partial charge on any atom is -0.463 e.